The molecular weight excluding hydrogens is 444 g/mol. The summed E-state index contributed by atoms with van der Waals surface area (Å²) in [5.41, 5.74) is 4.47. The largest absolute Gasteiger partial charge is 0.383 e. The van der Waals surface area contributed by atoms with Crippen molar-refractivity contribution in [1.82, 2.24) is 20.5 Å². The Bertz CT molecular complexity index is 1300. The fourth-order valence-electron chi connectivity index (χ4n) is 5.31. The normalized spacial score (nSPS) is 19.3. The van der Waals surface area contributed by atoms with Crippen molar-refractivity contribution in [2.45, 2.75) is 38.4 Å². The van der Waals surface area contributed by atoms with Gasteiger partial charge in [-0.2, -0.15) is 0 Å². The molecule has 35 heavy (non-hydrogen) atoms. The van der Waals surface area contributed by atoms with Crippen LogP contribution in [0, 0.1) is 5.92 Å². The van der Waals surface area contributed by atoms with E-state index >= 15 is 0 Å². The first-order chi connectivity index (χ1) is 16.9. The Kier molecular flexibility index (Phi) is 6.06. The Hall–Kier alpha value is -3.65. The van der Waals surface area contributed by atoms with Gasteiger partial charge in [0.1, 0.15) is 12.1 Å². The van der Waals surface area contributed by atoms with Gasteiger partial charge in [0.2, 0.25) is 11.8 Å². The van der Waals surface area contributed by atoms with Gasteiger partial charge < -0.3 is 25.3 Å². The fraction of sp³-hybridized carbons (Fsp3) is 0.370. The lowest BCUT2D eigenvalue weighted by molar-refractivity contribution is -0.133. The standard InChI is InChI=1S/C27H30N4O4/c1-15(2)22(26(33)28-12-13-35-3)30-25(32)21-14-19-16-8-6-7-11-20(16)29-23(19)24-17-9-4-5-10-18(17)27(34)31(21)24/h4-11,15,21-22,24,29H,12-14H2,1-3H3,(H,28,33)(H,30,32)/t21-,22-,24?/m0/s1. The Morgan fingerprint density at radius 1 is 1.14 bits per heavy atom. The van der Waals surface area contributed by atoms with E-state index in [0.29, 0.717) is 25.1 Å². The van der Waals surface area contributed by atoms with Crippen molar-refractivity contribution in [1.29, 1.82) is 0 Å². The molecule has 1 aromatic heterocycles. The Morgan fingerprint density at radius 2 is 1.89 bits per heavy atom. The van der Waals surface area contributed by atoms with Gasteiger partial charge >= 0.3 is 0 Å². The number of nitrogens with one attached hydrogen (secondary N) is 3. The maximum Gasteiger partial charge on any atom is 0.255 e. The Labute approximate surface area is 204 Å². The molecule has 0 aliphatic carbocycles. The van der Waals surface area contributed by atoms with E-state index in [0.717, 1.165) is 27.7 Å². The predicted octanol–water partition coefficient (Wildman–Crippen LogP) is 2.54. The third-order valence-corrected chi connectivity index (χ3v) is 7.01. The number of methoxy groups -OCH3 is 1. The molecule has 0 saturated carbocycles. The van der Waals surface area contributed by atoms with Gasteiger partial charge in [-0.3, -0.25) is 14.4 Å². The predicted molar refractivity (Wildman–Crippen MR) is 132 cm³/mol. The van der Waals surface area contributed by atoms with Crippen LogP contribution in [0.4, 0.5) is 0 Å². The summed E-state index contributed by atoms with van der Waals surface area (Å²) in [4.78, 5) is 45.3. The van der Waals surface area contributed by atoms with E-state index in [9.17, 15) is 14.4 Å². The van der Waals surface area contributed by atoms with Crippen molar-refractivity contribution in [3.8, 4) is 0 Å². The summed E-state index contributed by atoms with van der Waals surface area (Å²) in [5, 5.41) is 6.81. The molecule has 0 bridgehead atoms. The molecule has 0 fully saturated rings. The summed E-state index contributed by atoms with van der Waals surface area (Å²) in [6.07, 6.45) is 0.373. The van der Waals surface area contributed by atoms with Crippen LogP contribution in [0.15, 0.2) is 48.5 Å². The number of ether oxygens (including phenoxy) is 1. The molecule has 2 aliphatic rings. The van der Waals surface area contributed by atoms with Gasteiger partial charge in [-0.1, -0.05) is 50.2 Å². The number of carbonyl (C=O) groups is 3. The van der Waals surface area contributed by atoms with Crippen LogP contribution in [0.25, 0.3) is 10.9 Å². The average Bonchev–Trinajstić information content (AvgIpc) is 3.37. The van der Waals surface area contributed by atoms with Gasteiger partial charge in [0.15, 0.2) is 0 Å². The number of hydrogen-bond acceptors (Lipinski definition) is 4. The lowest BCUT2D eigenvalue weighted by Crippen LogP contribution is -2.58. The highest BCUT2D eigenvalue weighted by molar-refractivity contribution is 6.04. The molecule has 2 aliphatic heterocycles. The first-order valence-corrected chi connectivity index (χ1v) is 12.0. The second kappa shape index (κ2) is 9.19. The van der Waals surface area contributed by atoms with Crippen molar-refractivity contribution in [3.05, 3.63) is 70.9 Å². The highest BCUT2D eigenvalue weighted by atomic mass is 16.5. The van der Waals surface area contributed by atoms with Gasteiger partial charge in [-0.25, -0.2) is 0 Å². The van der Waals surface area contributed by atoms with Crippen LogP contribution >= 0.6 is 0 Å². The average molecular weight is 475 g/mol. The van der Waals surface area contributed by atoms with Crippen molar-refractivity contribution in [2.24, 2.45) is 5.92 Å². The number of H-pyrrole nitrogens is 1. The fourth-order valence-corrected chi connectivity index (χ4v) is 5.31. The first kappa shape index (κ1) is 23.1. The summed E-state index contributed by atoms with van der Waals surface area (Å²) < 4.78 is 5.01. The molecule has 5 rings (SSSR count). The van der Waals surface area contributed by atoms with Crippen LogP contribution < -0.4 is 10.6 Å². The summed E-state index contributed by atoms with van der Waals surface area (Å²) in [6.45, 7) is 4.52. The molecule has 3 atom stereocenters. The number of carbonyl (C=O) groups excluding carboxylic acids is 3. The van der Waals surface area contributed by atoms with Crippen molar-refractivity contribution in [3.63, 3.8) is 0 Å². The smallest absolute Gasteiger partial charge is 0.255 e. The molecule has 8 nitrogen and oxygen atoms in total. The molecule has 3 aromatic rings. The molecule has 2 aromatic carbocycles. The van der Waals surface area contributed by atoms with Crippen LogP contribution in [0.1, 0.15) is 47.1 Å². The lowest BCUT2D eigenvalue weighted by atomic mass is 9.89. The molecule has 0 radical (unpaired) electrons. The molecule has 8 heteroatoms. The molecule has 3 heterocycles. The number of para-hydroxylation sites is 1. The van der Waals surface area contributed by atoms with Crippen LogP contribution in [0.2, 0.25) is 0 Å². The minimum Gasteiger partial charge on any atom is -0.383 e. The van der Waals surface area contributed by atoms with E-state index in [1.807, 2.05) is 62.4 Å². The van der Waals surface area contributed by atoms with Gasteiger partial charge in [0, 0.05) is 42.2 Å². The summed E-state index contributed by atoms with van der Waals surface area (Å²) in [6, 6.07) is 13.7. The molecule has 182 valence electrons. The minimum absolute atomic E-state index is 0.129. The number of rotatable bonds is 7. The topological polar surface area (TPSA) is 104 Å². The zero-order valence-corrected chi connectivity index (χ0v) is 20.1. The first-order valence-electron chi connectivity index (χ1n) is 12.0. The van der Waals surface area contributed by atoms with Gasteiger partial charge in [0.25, 0.3) is 5.91 Å². The number of aromatic amines is 1. The Morgan fingerprint density at radius 3 is 2.66 bits per heavy atom. The maximum atomic E-state index is 13.7. The monoisotopic (exact) mass is 474 g/mol. The highest BCUT2D eigenvalue weighted by Gasteiger charge is 2.49. The van der Waals surface area contributed by atoms with E-state index in [1.54, 1.807) is 12.0 Å². The van der Waals surface area contributed by atoms with E-state index in [2.05, 4.69) is 15.6 Å². The SMILES string of the molecule is COCCNC(=O)[C@@H](NC(=O)[C@@H]1Cc2c([nH]c3ccccc23)C2c3ccccc3C(=O)N21)C(C)C. The molecular formula is C27H30N4O4. The molecule has 3 amide bonds. The van der Waals surface area contributed by atoms with Gasteiger partial charge in [0.05, 0.1) is 12.6 Å². The number of nitrogens with zero attached hydrogens (tertiary/aromatic N) is 1. The minimum atomic E-state index is -0.736. The molecule has 3 N–H and O–H groups in total. The highest BCUT2D eigenvalue weighted by Crippen LogP contribution is 2.46. The van der Waals surface area contributed by atoms with E-state index < -0.39 is 12.1 Å². The summed E-state index contributed by atoms with van der Waals surface area (Å²) >= 11 is 0. The van der Waals surface area contributed by atoms with E-state index in [1.165, 1.54) is 0 Å². The third-order valence-electron chi connectivity index (χ3n) is 7.01. The zero-order chi connectivity index (χ0) is 24.7. The van der Waals surface area contributed by atoms with Crippen LogP contribution in [-0.4, -0.2) is 60.0 Å². The second-order valence-corrected chi connectivity index (χ2v) is 9.50. The maximum absolute atomic E-state index is 13.7. The van der Waals surface area contributed by atoms with Crippen molar-refractivity contribution >= 4 is 28.6 Å². The van der Waals surface area contributed by atoms with Crippen LogP contribution in [-0.2, 0) is 20.7 Å². The number of amides is 3. The third kappa shape index (κ3) is 3.87. The van der Waals surface area contributed by atoms with Crippen LogP contribution in [0.3, 0.4) is 0 Å². The summed E-state index contributed by atoms with van der Waals surface area (Å²) in [7, 11) is 1.57. The number of benzene rings is 2. The second-order valence-electron chi connectivity index (χ2n) is 9.50. The quantitative estimate of drug-likeness (QED) is 0.458. The van der Waals surface area contributed by atoms with Gasteiger partial charge in [-0.05, 0) is 29.2 Å². The van der Waals surface area contributed by atoms with Crippen molar-refractivity contribution < 1.29 is 19.1 Å². The Balaban J connectivity index is 1.51. The van der Waals surface area contributed by atoms with Gasteiger partial charge in [-0.15, -0.1) is 0 Å². The molecule has 1 unspecified atom stereocenters. The number of aromatic nitrogens is 1. The molecule has 0 spiro atoms. The van der Waals surface area contributed by atoms with E-state index in [4.69, 9.17) is 4.74 Å². The number of hydrogen-bond donors (Lipinski definition) is 3. The number of fused-ring (bicyclic) bond motifs is 7. The van der Waals surface area contributed by atoms with E-state index in [-0.39, 0.29) is 29.7 Å². The molecule has 0 saturated heterocycles. The summed E-state index contributed by atoms with van der Waals surface area (Å²) in [5.74, 6) is -0.883. The lowest BCUT2D eigenvalue weighted by Gasteiger charge is -2.38. The zero-order valence-electron chi connectivity index (χ0n) is 20.1. The van der Waals surface area contributed by atoms with Crippen LogP contribution in [0.5, 0.6) is 0 Å². The van der Waals surface area contributed by atoms with Crippen molar-refractivity contribution in [2.75, 3.05) is 20.3 Å².